The Kier molecular flexibility index (Phi) is 6.46. The van der Waals surface area contributed by atoms with E-state index in [0.29, 0.717) is 12.0 Å². The van der Waals surface area contributed by atoms with Crippen LogP contribution in [-0.2, 0) is 0 Å². The van der Waals surface area contributed by atoms with E-state index >= 15 is 0 Å². The molecular formula is C20H28ClN7. The maximum absolute atomic E-state index is 4.90. The van der Waals surface area contributed by atoms with Crippen LogP contribution in [0.4, 0.5) is 5.82 Å². The van der Waals surface area contributed by atoms with Gasteiger partial charge in [0.2, 0.25) is 0 Å². The van der Waals surface area contributed by atoms with Crippen molar-refractivity contribution >= 4 is 29.3 Å². The minimum absolute atomic E-state index is 0. The summed E-state index contributed by atoms with van der Waals surface area (Å²) < 4.78 is 1.98. The molecule has 150 valence electrons. The molecule has 0 spiro atoms. The van der Waals surface area contributed by atoms with Gasteiger partial charge in [-0.05, 0) is 58.7 Å². The summed E-state index contributed by atoms with van der Waals surface area (Å²) in [5.41, 5.74) is 4.57. The molecule has 1 atom stereocenters. The summed E-state index contributed by atoms with van der Waals surface area (Å²) in [6, 6.07) is 2.32. The van der Waals surface area contributed by atoms with E-state index in [9.17, 15) is 0 Å². The molecule has 0 amide bonds. The highest BCUT2D eigenvalue weighted by Gasteiger charge is 2.17. The van der Waals surface area contributed by atoms with Crippen LogP contribution in [0.3, 0.4) is 0 Å². The molecule has 3 aromatic rings. The average molecular weight is 402 g/mol. The number of nitrogens with one attached hydrogen (secondary N) is 2. The molecule has 7 nitrogen and oxygen atoms in total. The van der Waals surface area contributed by atoms with E-state index in [1.54, 1.807) is 12.4 Å². The lowest BCUT2D eigenvalue weighted by atomic mass is 10.00. The molecule has 0 aromatic carbocycles. The zero-order valence-corrected chi connectivity index (χ0v) is 17.5. The Bertz CT molecular complexity index is 931. The van der Waals surface area contributed by atoms with Gasteiger partial charge in [-0.25, -0.2) is 9.97 Å². The average Bonchev–Trinajstić information content (AvgIpc) is 3.09. The van der Waals surface area contributed by atoms with Gasteiger partial charge in [0.25, 0.3) is 0 Å². The number of anilines is 1. The lowest BCUT2D eigenvalue weighted by Gasteiger charge is -2.23. The molecule has 28 heavy (non-hydrogen) atoms. The van der Waals surface area contributed by atoms with Gasteiger partial charge < -0.3 is 10.6 Å². The molecule has 1 aliphatic rings. The van der Waals surface area contributed by atoms with E-state index in [1.807, 2.05) is 17.7 Å². The molecule has 4 heterocycles. The zero-order chi connectivity index (χ0) is 18.8. The van der Waals surface area contributed by atoms with Crippen molar-refractivity contribution < 1.29 is 0 Å². The van der Waals surface area contributed by atoms with Gasteiger partial charge in [0.05, 0.1) is 16.9 Å². The predicted octanol–water partition coefficient (Wildman–Crippen LogP) is 3.61. The number of nitrogens with zero attached hydrogens (tertiary/aromatic N) is 5. The van der Waals surface area contributed by atoms with Gasteiger partial charge in [-0.15, -0.1) is 12.4 Å². The maximum atomic E-state index is 4.90. The minimum Gasteiger partial charge on any atom is -0.368 e. The maximum Gasteiger partial charge on any atom is 0.154 e. The van der Waals surface area contributed by atoms with Crippen molar-refractivity contribution in [3.8, 4) is 11.3 Å². The fourth-order valence-corrected chi connectivity index (χ4v) is 3.57. The van der Waals surface area contributed by atoms with Crippen LogP contribution in [0.15, 0.2) is 24.7 Å². The van der Waals surface area contributed by atoms with E-state index in [0.717, 1.165) is 53.4 Å². The molecule has 0 saturated carbocycles. The number of pyridine rings is 1. The lowest BCUT2D eigenvalue weighted by molar-refractivity contribution is 0.392. The van der Waals surface area contributed by atoms with Crippen LogP contribution in [0.25, 0.3) is 22.3 Å². The zero-order valence-electron chi connectivity index (χ0n) is 16.6. The van der Waals surface area contributed by atoms with E-state index < -0.39 is 0 Å². The summed E-state index contributed by atoms with van der Waals surface area (Å²) in [5.74, 6) is 1.42. The van der Waals surface area contributed by atoms with E-state index in [1.165, 1.54) is 12.8 Å². The number of hydrogen-bond donors (Lipinski definition) is 2. The first-order valence-corrected chi connectivity index (χ1v) is 9.74. The van der Waals surface area contributed by atoms with E-state index in [-0.39, 0.29) is 12.4 Å². The first kappa shape index (κ1) is 20.5. The number of piperidine rings is 1. The van der Waals surface area contributed by atoms with Gasteiger partial charge in [0.15, 0.2) is 5.82 Å². The van der Waals surface area contributed by atoms with Crippen LogP contribution in [0.1, 0.15) is 38.4 Å². The normalized spacial score (nSPS) is 16.9. The van der Waals surface area contributed by atoms with Crippen LogP contribution in [0.2, 0.25) is 0 Å². The third-order valence-electron chi connectivity index (χ3n) is 5.14. The van der Waals surface area contributed by atoms with Gasteiger partial charge in [-0.2, -0.15) is 5.10 Å². The second kappa shape index (κ2) is 8.84. The topological polar surface area (TPSA) is 80.5 Å². The van der Waals surface area contributed by atoms with E-state index in [4.69, 9.17) is 4.98 Å². The Labute approximate surface area is 171 Å². The molecule has 0 aliphatic carbocycles. The van der Waals surface area contributed by atoms with Gasteiger partial charge >= 0.3 is 0 Å². The van der Waals surface area contributed by atoms with Crippen molar-refractivity contribution in [3.63, 3.8) is 0 Å². The molecule has 1 aliphatic heterocycles. The Balaban J connectivity index is 0.00000225. The fraction of sp³-hybridized carbons (Fsp3) is 0.500. The lowest BCUT2D eigenvalue weighted by Crippen LogP contribution is -2.33. The third-order valence-corrected chi connectivity index (χ3v) is 5.14. The van der Waals surface area contributed by atoms with Gasteiger partial charge in [-0.1, -0.05) is 0 Å². The smallest absolute Gasteiger partial charge is 0.154 e. The van der Waals surface area contributed by atoms with Gasteiger partial charge in [-0.3, -0.25) is 9.67 Å². The van der Waals surface area contributed by atoms with Crippen LogP contribution in [0, 0.1) is 12.8 Å². The highest BCUT2D eigenvalue weighted by molar-refractivity contribution is 5.88. The Morgan fingerprint density at radius 2 is 2.11 bits per heavy atom. The molecule has 0 unspecified atom stereocenters. The van der Waals surface area contributed by atoms with Crippen molar-refractivity contribution in [3.05, 3.63) is 30.4 Å². The summed E-state index contributed by atoms with van der Waals surface area (Å²) in [6.07, 6.45) is 7.99. The SMILES string of the molecule is Cc1nn(C(C)C)cc1-c1cc2nccnc2c(NC[C@H]2CCCNC2)n1.Cl. The van der Waals surface area contributed by atoms with Crippen molar-refractivity contribution in [1.82, 2.24) is 30.0 Å². The van der Waals surface area contributed by atoms with Crippen LogP contribution in [0.5, 0.6) is 0 Å². The molecule has 0 bridgehead atoms. The number of halogens is 1. The number of hydrogen-bond acceptors (Lipinski definition) is 6. The van der Waals surface area contributed by atoms with Crippen molar-refractivity contribution in [1.29, 1.82) is 0 Å². The first-order valence-electron chi connectivity index (χ1n) is 9.74. The molecule has 2 N–H and O–H groups in total. The van der Waals surface area contributed by atoms with Crippen LogP contribution < -0.4 is 10.6 Å². The summed E-state index contributed by atoms with van der Waals surface area (Å²) in [7, 11) is 0. The Morgan fingerprint density at radius 3 is 2.82 bits per heavy atom. The second-order valence-electron chi connectivity index (χ2n) is 7.58. The van der Waals surface area contributed by atoms with Crippen LogP contribution >= 0.6 is 12.4 Å². The first-order chi connectivity index (χ1) is 13.1. The predicted molar refractivity (Wildman–Crippen MR) is 115 cm³/mol. The third kappa shape index (κ3) is 4.25. The van der Waals surface area contributed by atoms with Gasteiger partial charge in [0, 0.05) is 36.7 Å². The summed E-state index contributed by atoms with van der Waals surface area (Å²) in [5, 5.41) is 11.6. The number of fused-ring (bicyclic) bond motifs is 1. The van der Waals surface area contributed by atoms with Crippen molar-refractivity contribution in [2.45, 2.75) is 39.7 Å². The highest BCUT2D eigenvalue weighted by Crippen LogP contribution is 2.28. The molecule has 4 rings (SSSR count). The minimum atomic E-state index is 0. The van der Waals surface area contributed by atoms with Crippen molar-refractivity contribution in [2.75, 3.05) is 25.0 Å². The van der Waals surface area contributed by atoms with Crippen LogP contribution in [-0.4, -0.2) is 44.4 Å². The highest BCUT2D eigenvalue weighted by atomic mass is 35.5. The monoisotopic (exact) mass is 401 g/mol. The fourth-order valence-electron chi connectivity index (χ4n) is 3.57. The number of aryl methyl sites for hydroxylation is 1. The van der Waals surface area contributed by atoms with E-state index in [2.05, 4.69) is 45.7 Å². The molecule has 3 aromatic heterocycles. The van der Waals surface area contributed by atoms with Gasteiger partial charge in [0.1, 0.15) is 5.52 Å². The molecule has 1 saturated heterocycles. The Hall–Kier alpha value is -2.25. The summed E-state index contributed by atoms with van der Waals surface area (Å²) in [4.78, 5) is 13.9. The standard InChI is InChI=1S/C20H27N7.ClH/c1-13(2)27-12-16(14(3)26-27)17-9-18-19(23-8-7-22-18)20(25-17)24-11-15-5-4-6-21-10-15;/h7-9,12-13,15,21H,4-6,10-11H2,1-3H3,(H,24,25);1H/t15-;/m0./s1. The molecule has 1 fully saturated rings. The molecule has 8 heteroatoms. The summed E-state index contributed by atoms with van der Waals surface area (Å²) in [6.45, 7) is 9.34. The quantitative estimate of drug-likeness (QED) is 0.679. The second-order valence-corrected chi connectivity index (χ2v) is 7.58. The number of rotatable bonds is 5. The van der Waals surface area contributed by atoms with Crippen molar-refractivity contribution in [2.24, 2.45) is 5.92 Å². The molecule has 0 radical (unpaired) electrons. The number of aromatic nitrogens is 5. The largest absolute Gasteiger partial charge is 0.368 e. The molecular weight excluding hydrogens is 374 g/mol. The summed E-state index contributed by atoms with van der Waals surface area (Å²) >= 11 is 0. The Morgan fingerprint density at radius 1 is 1.29 bits per heavy atom.